The van der Waals surface area contributed by atoms with Crippen LogP contribution in [0, 0.1) is 0 Å². The second-order valence-corrected chi connectivity index (χ2v) is 3.86. The Hall–Kier alpha value is -1.75. The van der Waals surface area contributed by atoms with E-state index in [1.807, 2.05) is 31.2 Å². The van der Waals surface area contributed by atoms with Crippen LogP contribution in [0.2, 0.25) is 0 Å². The number of amides is 1. The van der Waals surface area contributed by atoms with Crippen molar-refractivity contribution in [3.63, 3.8) is 0 Å². The molecule has 1 amide bonds. The van der Waals surface area contributed by atoms with Crippen LogP contribution >= 0.6 is 0 Å². The highest BCUT2D eigenvalue weighted by Gasteiger charge is 2.09. The molecular weight excluding hydrogens is 234 g/mol. The highest BCUT2D eigenvalue weighted by Crippen LogP contribution is 2.25. The maximum absolute atomic E-state index is 11.3. The topological polar surface area (TPSA) is 56.8 Å². The lowest BCUT2D eigenvalue weighted by molar-refractivity contribution is -0.125. The number of hydrogen-bond acceptors (Lipinski definition) is 4. The predicted octanol–water partition coefficient (Wildman–Crippen LogP) is 1.23. The number of carbonyl (C=O) groups is 1. The molecule has 1 atom stereocenters. The Kier molecular flexibility index (Phi) is 6.00. The zero-order valence-electron chi connectivity index (χ0n) is 10.9. The molecule has 0 spiro atoms. The third-order valence-corrected chi connectivity index (χ3v) is 2.24. The van der Waals surface area contributed by atoms with Crippen LogP contribution in [0.1, 0.15) is 6.92 Å². The van der Waals surface area contributed by atoms with Crippen LogP contribution in [0.25, 0.3) is 0 Å². The van der Waals surface area contributed by atoms with Gasteiger partial charge in [-0.1, -0.05) is 12.1 Å². The number of carbonyl (C=O) groups excluding carboxylic acids is 1. The number of nitrogens with one attached hydrogen (secondary N) is 1. The molecule has 0 fully saturated rings. The first kappa shape index (κ1) is 14.3. The molecule has 0 saturated carbocycles. The normalized spacial score (nSPS) is 11.7. The molecule has 1 N–H and O–H groups in total. The van der Waals surface area contributed by atoms with Gasteiger partial charge in [-0.15, -0.1) is 0 Å². The fourth-order valence-corrected chi connectivity index (χ4v) is 1.44. The first-order valence-electron chi connectivity index (χ1n) is 5.71. The minimum absolute atomic E-state index is 0.0546. The fourth-order valence-electron chi connectivity index (χ4n) is 1.44. The first-order valence-corrected chi connectivity index (χ1v) is 5.71. The van der Waals surface area contributed by atoms with Gasteiger partial charge in [0.25, 0.3) is 0 Å². The van der Waals surface area contributed by atoms with E-state index in [0.29, 0.717) is 18.1 Å². The van der Waals surface area contributed by atoms with E-state index in [2.05, 4.69) is 5.32 Å². The fraction of sp³-hybridized carbons (Fsp3) is 0.462. The van der Waals surface area contributed by atoms with E-state index in [1.165, 1.54) is 7.11 Å². The second kappa shape index (κ2) is 7.55. The third kappa shape index (κ3) is 4.63. The molecule has 0 heterocycles. The van der Waals surface area contributed by atoms with Gasteiger partial charge >= 0.3 is 0 Å². The van der Waals surface area contributed by atoms with E-state index in [0.717, 1.165) is 0 Å². The van der Waals surface area contributed by atoms with E-state index in [1.54, 1.807) is 7.11 Å². The average molecular weight is 253 g/mol. The molecule has 100 valence electrons. The summed E-state index contributed by atoms with van der Waals surface area (Å²) in [6.45, 7) is 2.29. The quantitative estimate of drug-likeness (QED) is 0.794. The molecule has 0 aromatic heterocycles. The van der Waals surface area contributed by atoms with Crippen molar-refractivity contribution >= 4 is 5.91 Å². The van der Waals surface area contributed by atoms with Crippen LogP contribution in [-0.2, 0) is 9.53 Å². The van der Waals surface area contributed by atoms with Crippen LogP contribution < -0.4 is 14.8 Å². The zero-order chi connectivity index (χ0) is 13.4. The predicted molar refractivity (Wildman–Crippen MR) is 68.0 cm³/mol. The van der Waals surface area contributed by atoms with Crippen LogP contribution in [0.3, 0.4) is 0 Å². The maximum Gasteiger partial charge on any atom is 0.246 e. The molecule has 1 unspecified atom stereocenters. The smallest absolute Gasteiger partial charge is 0.246 e. The number of rotatable bonds is 7. The van der Waals surface area contributed by atoms with Crippen molar-refractivity contribution in [3.05, 3.63) is 24.3 Å². The Balaban J connectivity index is 2.42. The molecule has 1 aromatic rings. The average Bonchev–Trinajstić information content (AvgIpc) is 2.37. The Morgan fingerprint density at radius 3 is 2.56 bits per heavy atom. The van der Waals surface area contributed by atoms with Gasteiger partial charge in [0.15, 0.2) is 11.5 Å². The third-order valence-electron chi connectivity index (χ3n) is 2.24. The molecule has 18 heavy (non-hydrogen) atoms. The summed E-state index contributed by atoms with van der Waals surface area (Å²) in [4.78, 5) is 11.3. The van der Waals surface area contributed by atoms with Crippen molar-refractivity contribution in [1.29, 1.82) is 0 Å². The van der Waals surface area contributed by atoms with Crippen molar-refractivity contribution in [3.8, 4) is 11.5 Å². The molecule has 1 rings (SSSR count). The standard InChI is InChI=1S/C13H19NO4/c1-10(14-13(15)9-16-2)8-18-12-7-5-4-6-11(12)17-3/h4-7,10H,8-9H2,1-3H3,(H,14,15). The van der Waals surface area contributed by atoms with E-state index in [9.17, 15) is 4.79 Å². The van der Waals surface area contributed by atoms with Gasteiger partial charge in [-0.05, 0) is 19.1 Å². The number of para-hydroxylation sites is 2. The van der Waals surface area contributed by atoms with E-state index >= 15 is 0 Å². The summed E-state index contributed by atoms with van der Waals surface area (Å²) in [7, 11) is 3.07. The van der Waals surface area contributed by atoms with Crippen molar-refractivity contribution in [2.75, 3.05) is 27.4 Å². The van der Waals surface area contributed by atoms with Gasteiger partial charge in [0.05, 0.1) is 13.2 Å². The first-order chi connectivity index (χ1) is 8.67. The van der Waals surface area contributed by atoms with Crippen LogP contribution in [0.15, 0.2) is 24.3 Å². The number of benzene rings is 1. The molecule has 5 nitrogen and oxygen atoms in total. The minimum Gasteiger partial charge on any atom is -0.493 e. The largest absolute Gasteiger partial charge is 0.493 e. The molecule has 0 bridgehead atoms. The van der Waals surface area contributed by atoms with Gasteiger partial charge in [-0.3, -0.25) is 4.79 Å². The lowest BCUT2D eigenvalue weighted by Crippen LogP contribution is -2.38. The minimum atomic E-state index is -0.159. The Morgan fingerprint density at radius 2 is 1.94 bits per heavy atom. The summed E-state index contributed by atoms with van der Waals surface area (Å²) in [5.41, 5.74) is 0. The summed E-state index contributed by atoms with van der Waals surface area (Å²) < 4.78 is 15.5. The van der Waals surface area contributed by atoms with Crippen molar-refractivity contribution in [2.45, 2.75) is 13.0 Å². The Morgan fingerprint density at radius 1 is 1.28 bits per heavy atom. The van der Waals surface area contributed by atoms with Gasteiger partial charge in [-0.2, -0.15) is 0 Å². The second-order valence-electron chi connectivity index (χ2n) is 3.86. The van der Waals surface area contributed by atoms with Gasteiger partial charge in [-0.25, -0.2) is 0 Å². The number of ether oxygens (including phenoxy) is 3. The summed E-state index contributed by atoms with van der Waals surface area (Å²) in [5, 5.41) is 2.76. The van der Waals surface area contributed by atoms with Crippen LogP contribution in [0.5, 0.6) is 11.5 Å². The Labute approximate surface area is 107 Å². The lowest BCUT2D eigenvalue weighted by atomic mass is 10.3. The zero-order valence-corrected chi connectivity index (χ0v) is 10.9. The van der Waals surface area contributed by atoms with Gasteiger partial charge in [0, 0.05) is 7.11 Å². The van der Waals surface area contributed by atoms with Crippen molar-refractivity contribution in [1.82, 2.24) is 5.32 Å². The highest BCUT2D eigenvalue weighted by molar-refractivity contribution is 5.77. The highest BCUT2D eigenvalue weighted by atomic mass is 16.5. The van der Waals surface area contributed by atoms with Gasteiger partial charge in [0.1, 0.15) is 13.2 Å². The monoisotopic (exact) mass is 253 g/mol. The molecule has 0 aliphatic rings. The van der Waals surface area contributed by atoms with Gasteiger partial charge in [0.2, 0.25) is 5.91 Å². The van der Waals surface area contributed by atoms with Crippen LogP contribution in [-0.4, -0.2) is 39.4 Å². The summed E-state index contributed by atoms with van der Waals surface area (Å²) in [5.74, 6) is 1.18. The van der Waals surface area contributed by atoms with Crippen LogP contribution in [0.4, 0.5) is 0 Å². The van der Waals surface area contributed by atoms with Gasteiger partial charge < -0.3 is 19.5 Å². The lowest BCUT2D eigenvalue weighted by Gasteiger charge is -2.16. The number of hydrogen-bond donors (Lipinski definition) is 1. The van der Waals surface area contributed by atoms with Crippen molar-refractivity contribution in [2.24, 2.45) is 0 Å². The Bertz CT molecular complexity index is 381. The van der Waals surface area contributed by atoms with E-state index in [4.69, 9.17) is 14.2 Å². The SMILES string of the molecule is COCC(=O)NC(C)COc1ccccc1OC. The van der Waals surface area contributed by atoms with E-state index in [-0.39, 0.29) is 18.6 Å². The molecule has 0 saturated heterocycles. The molecule has 0 radical (unpaired) electrons. The molecule has 0 aliphatic carbocycles. The maximum atomic E-state index is 11.3. The summed E-state index contributed by atoms with van der Waals surface area (Å²) in [6.07, 6.45) is 0. The molecular formula is C13H19NO4. The molecule has 1 aromatic carbocycles. The summed E-state index contributed by atoms with van der Waals surface area (Å²) in [6, 6.07) is 7.28. The molecule has 0 aliphatic heterocycles. The van der Waals surface area contributed by atoms with E-state index < -0.39 is 0 Å². The van der Waals surface area contributed by atoms with Crippen molar-refractivity contribution < 1.29 is 19.0 Å². The number of methoxy groups -OCH3 is 2. The molecule has 5 heteroatoms. The summed E-state index contributed by atoms with van der Waals surface area (Å²) >= 11 is 0.